The Kier molecular flexibility index (Phi) is 3.61. The normalized spacial score (nSPS) is 9.95. The highest BCUT2D eigenvalue weighted by molar-refractivity contribution is 5.95. The highest BCUT2D eigenvalue weighted by Gasteiger charge is 2.10. The lowest BCUT2D eigenvalue weighted by atomic mass is 10.1. The Morgan fingerprint density at radius 2 is 1.89 bits per heavy atom. The van der Waals surface area contributed by atoms with Crippen molar-refractivity contribution in [1.29, 1.82) is 0 Å². The van der Waals surface area contributed by atoms with E-state index in [9.17, 15) is 9.59 Å². The van der Waals surface area contributed by atoms with Gasteiger partial charge in [-0.05, 0) is 42.8 Å². The number of rotatable bonds is 4. The zero-order valence-corrected chi connectivity index (χ0v) is 10.4. The molecule has 0 aliphatic rings. The van der Waals surface area contributed by atoms with Crippen LogP contribution in [-0.2, 0) is 0 Å². The number of hydrogen-bond donors (Lipinski definition) is 1. The van der Waals surface area contributed by atoms with Crippen LogP contribution < -0.4 is 10.5 Å². The number of ether oxygens (including phenoxy) is 1. The van der Waals surface area contributed by atoms with E-state index in [2.05, 4.69) is 0 Å². The molecule has 0 saturated carbocycles. The standard InChI is InChI=1S/C15H13NO3/c1-10-8-11(9-17)6-7-13(10)19-14-5-3-2-4-12(14)15(16)18/h2-9H,1H3,(H2,16,18). The van der Waals surface area contributed by atoms with Crippen molar-refractivity contribution in [2.24, 2.45) is 5.73 Å². The number of benzene rings is 2. The molecule has 2 aromatic rings. The summed E-state index contributed by atoms with van der Waals surface area (Å²) in [4.78, 5) is 22.0. The van der Waals surface area contributed by atoms with Gasteiger partial charge in [0.2, 0.25) is 0 Å². The Balaban J connectivity index is 2.36. The van der Waals surface area contributed by atoms with Crippen LogP contribution in [-0.4, -0.2) is 12.2 Å². The minimum Gasteiger partial charge on any atom is -0.456 e. The van der Waals surface area contributed by atoms with E-state index in [-0.39, 0.29) is 0 Å². The second kappa shape index (κ2) is 5.35. The van der Waals surface area contributed by atoms with E-state index >= 15 is 0 Å². The van der Waals surface area contributed by atoms with Gasteiger partial charge in [-0.25, -0.2) is 0 Å². The Morgan fingerprint density at radius 3 is 2.53 bits per heavy atom. The van der Waals surface area contributed by atoms with Crippen molar-refractivity contribution in [1.82, 2.24) is 0 Å². The molecular formula is C15H13NO3. The summed E-state index contributed by atoms with van der Waals surface area (Å²) in [5, 5.41) is 0. The molecular weight excluding hydrogens is 242 g/mol. The molecule has 0 aromatic heterocycles. The zero-order valence-electron chi connectivity index (χ0n) is 10.4. The molecule has 2 aromatic carbocycles. The lowest BCUT2D eigenvalue weighted by Gasteiger charge is -2.11. The molecule has 0 heterocycles. The monoisotopic (exact) mass is 255 g/mol. The van der Waals surface area contributed by atoms with Crippen LogP contribution in [0.15, 0.2) is 42.5 Å². The first kappa shape index (κ1) is 12.8. The van der Waals surface area contributed by atoms with Gasteiger partial charge in [0.25, 0.3) is 5.91 Å². The lowest BCUT2D eigenvalue weighted by Crippen LogP contribution is -2.12. The Hall–Kier alpha value is -2.62. The molecule has 4 nitrogen and oxygen atoms in total. The molecule has 19 heavy (non-hydrogen) atoms. The number of carbonyl (C=O) groups excluding carboxylic acids is 2. The molecule has 0 spiro atoms. The van der Waals surface area contributed by atoms with Crippen LogP contribution in [0, 0.1) is 6.92 Å². The summed E-state index contributed by atoms with van der Waals surface area (Å²) >= 11 is 0. The van der Waals surface area contributed by atoms with E-state index < -0.39 is 5.91 Å². The fourth-order valence-electron chi connectivity index (χ4n) is 1.74. The third kappa shape index (κ3) is 2.80. The summed E-state index contributed by atoms with van der Waals surface area (Å²) in [6, 6.07) is 11.8. The number of carbonyl (C=O) groups is 2. The van der Waals surface area contributed by atoms with Gasteiger partial charge in [0, 0.05) is 5.56 Å². The molecule has 0 bridgehead atoms. The third-order valence-electron chi connectivity index (χ3n) is 2.71. The van der Waals surface area contributed by atoms with Crippen molar-refractivity contribution in [2.75, 3.05) is 0 Å². The average molecular weight is 255 g/mol. The van der Waals surface area contributed by atoms with Gasteiger partial charge < -0.3 is 10.5 Å². The summed E-state index contributed by atoms with van der Waals surface area (Å²) in [7, 11) is 0. The lowest BCUT2D eigenvalue weighted by molar-refractivity contribution is 0.0997. The van der Waals surface area contributed by atoms with Gasteiger partial charge in [-0.2, -0.15) is 0 Å². The Morgan fingerprint density at radius 1 is 1.16 bits per heavy atom. The fraction of sp³-hybridized carbons (Fsp3) is 0.0667. The Bertz CT molecular complexity index is 635. The van der Waals surface area contributed by atoms with Crippen molar-refractivity contribution in [2.45, 2.75) is 6.92 Å². The van der Waals surface area contributed by atoms with Crippen molar-refractivity contribution in [3.05, 3.63) is 59.2 Å². The summed E-state index contributed by atoms with van der Waals surface area (Å²) in [6.45, 7) is 1.83. The number of primary amides is 1. The number of para-hydroxylation sites is 1. The maximum atomic E-state index is 11.3. The van der Waals surface area contributed by atoms with E-state index in [1.54, 1.807) is 42.5 Å². The maximum Gasteiger partial charge on any atom is 0.252 e. The van der Waals surface area contributed by atoms with Crippen LogP contribution in [0.5, 0.6) is 11.5 Å². The first-order valence-electron chi connectivity index (χ1n) is 5.74. The van der Waals surface area contributed by atoms with E-state index in [1.807, 2.05) is 6.92 Å². The molecule has 0 unspecified atom stereocenters. The zero-order chi connectivity index (χ0) is 13.8. The first-order valence-corrected chi connectivity index (χ1v) is 5.74. The molecule has 2 N–H and O–H groups in total. The molecule has 1 amide bonds. The van der Waals surface area contributed by atoms with E-state index in [0.29, 0.717) is 22.6 Å². The molecule has 0 atom stereocenters. The SMILES string of the molecule is Cc1cc(C=O)ccc1Oc1ccccc1C(N)=O. The second-order valence-electron chi connectivity index (χ2n) is 4.11. The van der Waals surface area contributed by atoms with E-state index in [1.165, 1.54) is 0 Å². The van der Waals surface area contributed by atoms with Crippen molar-refractivity contribution in [3.8, 4) is 11.5 Å². The number of nitrogens with two attached hydrogens (primary N) is 1. The molecule has 0 radical (unpaired) electrons. The van der Waals surface area contributed by atoms with Crippen molar-refractivity contribution in [3.63, 3.8) is 0 Å². The smallest absolute Gasteiger partial charge is 0.252 e. The number of aryl methyl sites for hydroxylation is 1. The molecule has 0 saturated heterocycles. The second-order valence-corrected chi connectivity index (χ2v) is 4.11. The van der Waals surface area contributed by atoms with Crippen LogP contribution in [0.1, 0.15) is 26.3 Å². The first-order chi connectivity index (χ1) is 9.11. The number of amides is 1. The molecule has 0 aliphatic carbocycles. The highest BCUT2D eigenvalue weighted by Crippen LogP contribution is 2.28. The minimum absolute atomic E-state index is 0.321. The number of hydrogen-bond acceptors (Lipinski definition) is 3. The van der Waals surface area contributed by atoms with Gasteiger partial charge in [0.1, 0.15) is 17.8 Å². The predicted octanol–water partition coefficient (Wildman–Crippen LogP) is 2.70. The summed E-state index contributed by atoms with van der Waals surface area (Å²) in [5.74, 6) is 0.439. The van der Waals surface area contributed by atoms with Gasteiger partial charge in [0.05, 0.1) is 5.56 Å². The van der Waals surface area contributed by atoms with Crippen LogP contribution in [0.2, 0.25) is 0 Å². The molecule has 4 heteroatoms. The largest absolute Gasteiger partial charge is 0.456 e. The minimum atomic E-state index is -0.544. The van der Waals surface area contributed by atoms with E-state index in [4.69, 9.17) is 10.5 Å². The van der Waals surface area contributed by atoms with Gasteiger partial charge >= 0.3 is 0 Å². The van der Waals surface area contributed by atoms with Crippen molar-refractivity contribution < 1.29 is 14.3 Å². The molecule has 0 fully saturated rings. The van der Waals surface area contributed by atoms with E-state index in [0.717, 1.165) is 11.8 Å². The van der Waals surface area contributed by atoms with Crippen molar-refractivity contribution >= 4 is 12.2 Å². The Labute approximate surface area is 110 Å². The van der Waals surface area contributed by atoms with Gasteiger partial charge in [-0.3, -0.25) is 9.59 Å². The van der Waals surface area contributed by atoms with Crippen LogP contribution >= 0.6 is 0 Å². The summed E-state index contributed by atoms with van der Waals surface area (Å²) < 4.78 is 5.68. The molecule has 2 rings (SSSR count). The number of aldehydes is 1. The van der Waals surface area contributed by atoms with Crippen LogP contribution in [0.3, 0.4) is 0 Å². The molecule has 0 aliphatic heterocycles. The quantitative estimate of drug-likeness (QED) is 0.854. The molecule has 96 valence electrons. The van der Waals surface area contributed by atoms with Gasteiger partial charge in [-0.1, -0.05) is 12.1 Å². The van der Waals surface area contributed by atoms with Gasteiger partial charge in [-0.15, -0.1) is 0 Å². The van der Waals surface area contributed by atoms with Gasteiger partial charge in [0.15, 0.2) is 0 Å². The third-order valence-corrected chi connectivity index (χ3v) is 2.71. The topological polar surface area (TPSA) is 69.4 Å². The summed E-state index contributed by atoms with van der Waals surface area (Å²) in [5.41, 5.74) is 6.99. The fourth-order valence-corrected chi connectivity index (χ4v) is 1.74. The van der Waals surface area contributed by atoms with Crippen LogP contribution in [0.25, 0.3) is 0 Å². The van der Waals surface area contributed by atoms with Crippen LogP contribution in [0.4, 0.5) is 0 Å². The maximum absolute atomic E-state index is 11.3. The predicted molar refractivity (Wildman–Crippen MR) is 71.6 cm³/mol. The summed E-state index contributed by atoms with van der Waals surface area (Å²) in [6.07, 6.45) is 0.772. The average Bonchev–Trinajstić information content (AvgIpc) is 2.41. The highest BCUT2D eigenvalue weighted by atomic mass is 16.5.